The minimum atomic E-state index is -1.02. The number of hydrogen-bond donors (Lipinski definition) is 1. The standard InChI is InChI=1S/C28H25Br2N3O5/c1-28(2,3)27-32-22-9-8-19(29)12-21(22)25(34)33(27)31-14-18-11-20(30)13-23(37-4)24(18)38-15-16-6-5-7-17(10-16)26(35)36/h5-14H,15H2,1-4H3,(H,35,36). The second-order valence-corrected chi connectivity index (χ2v) is 11.4. The van der Waals surface area contributed by atoms with Crippen molar-refractivity contribution in [2.45, 2.75) is 32.8 Å². The maximum atomic E-state index is 13.5. The molecule has 10 heteroatoms. The third kappa shape index (κ3) is 5.97. The van der Waals surface area contributed by atoms with E-state index >= 15 is 0 Å². The van der Waals surface area contributed by atoms with Crippen molar-refractivity contribution in [2.75, 3.05) is 7.11 Å². The molecular formula is C28H25Br2N3O5. The zero-order chi connectivity index (χ0) is 27.6. The lowest BCUT2D eigenvalue weighted by atomic mass is 9.95. The molecule has 1 heterocycles. The molecule has 0 bridgehead atoms. The summed E-state index contributed by atoms with van der Waals surface area (Å²) >= 11 is 6.91. The lowest BCUT2D eigenvalue weighted by Crippen LogP contribution is -2.29. The number of carboxylic acids is 1. The Bertz CT molecular complexity index is 1620. The molecule has 0 saturated carbocycles. The molecule has 0 aliphatic rings. The van der Waals surface area contributed by atoms with E-state index in [2.05, 4.69) is 37.0 Å². The zero-order valence-corrected chi connectivity index (χ0v) is 24.3. The predicted octanol–water partition coefficient (Wildman–Crippen LogP) is 6.39. The summed E-state index contributed by atoms with van der Waals surface area (Å²) in [6.45, 7) is 5.99. The van der Waals surface area contributed by atoms with Gasteiger partial charge < -0.3 is 14.6 Å². The third-order valence-corrected chi connectivity index (χ3v) is 6.57. The highest BCUT2D eigenvalue weighted by molar-refractivity contribution is 9.10. The van der Waals surface area contributed by atoms with Crippen LogP contribution in [0.1, 0.15) is 48.1 Å². The molecule has 0 saturated heterocycles. The summed E-state index contributed by atoms with van der Waals surface area (Å²) in [6.07, 6.45) is 1.53. The highest BCUT2D eigenvalue weighted by atomic mass is 79.9. The molecule has 0 fully saturated rings. The van der Waals surface area contributed by atoms with Crippen LogP contribution in [0.3, 0.4) is 0 Å². The number of carboxylic acid groups (broad SMARTS) is 1. The second-order valence-electron chi connectivity index (χ2n) is 9.53. The van der Waals surface area contributed by atoms with Gasteiger partial charge in [-0.05, 0) is 48.0 Å². The smallest absolute Gasteiger partial charge is 0.335 e. The van der Waals surface area contributed by atoms with E-state index in [4.69, 9.17) is 14.5 Å². The van der Waals surface area contributed by atoms with Crippen LogP contribution < -0.4 is 15.0 Å². The van der Waals surface area contributed by atoms with Crippen molar-refractivity contribution in [3.8, 4) is 11.5 Å². The molecule has 38 heavy (non-hydrogen) atoms. The van der Waals surface area contributed by atoms with Crippen LogP contribution in [-0.4, -0.2) is 34.1 Å². The van der Waals surface area contributed by atoms with Crippen molar-refractivity contribution >= 4 is 54.9 Å². The Morgan fingerprint density at radius 3 is 2.55 bits per heavy atom. The summed E-state index contributed by atoms with van der Waals surface area (Å²) in [7, 11) is 1.52. The van der Waals surface area contributed by atoms with Crippen LogP contribution in [0, 0.1) is 0 Å². The molecule has 0 unspecified atom stereocenters. The molecule has 1 N–H and O–H groups in total. The van der Waals surface area contributed by atoms with E-state index in [-0.39, 0.29) is 17.7 Å². The highest BCUT2D eigenvalue weighted by Crippen LogP contribution is 2.35. The van der Waals surface area contributed by atoms with Gasteiger partial charge in [0.15, 0.2) is 11.5 Å². The number of ether oxygens (including phenoxy) is 2. The number of carbonyl (C=O) groups is 1. The van der Waals surface area contributed by atoms with Crippen molar-refractivity contribution in [3.05, 3.63) is 96.4 Å². The average Bonchev–Trinajstić information content (AvgIpc) is 2.86. The molecule has 8 nitrogen and oxygen atoms in total. The van der Waals surface area contributed by atoms with Gasteiger partial charge in [0.1, 0.15) is 12.4 Å². The Kier molecular flexibility index (Phi) is 8.03. The Morgan fingerprint density at radius 1 is 1.11 bits per heavy atom. The average molecular weight is 643 g/mol. The zero-order valence-electron chi connectivity index (χ0n) is 21.2. The van der Waals surface area contributed by atoms with E-state index in [1.54, 1.807) is 42.5 Å². The van der Waals surface area contributed by atoms with E-state index in [1.165, 1.54) is 24.1 Å². The van der Waals surface area contributed by atoms with E-state index < -0.39 is 11.4 Å². The molecule has 0 aliphatic carbocycles. The fourth-order valence-corrected chi connectivity index (χ4v) is 4.62. The number of benzene rings is 3. The van der Waals surface area contributed by atoms with Gasteiger partial charge >= 0.3 is 5.97 Å². The molecule has 0 aliphatic heterocycles. The molecule has 1 aromatic heterocycles. The van der Waals surface area contributed by atoms with Crippen molar-refractivity contribution in [3.63, 3.8) is 0 Å². The summed E-state index contributed by atoms with van der Waals surface area (Å²) in [6, 6.07) is 15.4. The Hall–Kier alpha value is -3.50. The van der Waals surface area contributed by atoms with Crippen LogP contribution in [0.25, 0.3) is 10.9 Å². The van der Waals surface area contributed by atoms with E-state index in [1.807, 2.05) is 26.8 Å². The second kappa shape index (κ2) is 11.1. The number of aromatic carboxylic acids is 1. The summed E-state index contributed by atoms with van der Waals surface area (Å²) in [5.41, 5.74) is 1.21. The minimum absolute atomic E-state index is 0.0959. The first-order valence-corrected chi connectivity index (χ1v) is 13.2. The van der Waals surface area contributed by atoms with Gasteiger partial charge in [-0.25, -0.2) is 9.78 Å². The van der Waals surface area contributed by atoms with Crippen LogP contribution >= 0.6 is 31.9 Å². The molecule has 0 radical (unpaired) electrons. The normalized spacial score (nSPS) is 11.7. The van der Waals surface area contributed by atoms with Crippen molar-refractivity contribution in [1.82, 2.24) is 9.66 Å². The number of fused-ring (bicyclic) bond motifs is 1. The summed E-state index contributed by atoms with van der Waals surface area (Å²) in [5, 5.41) is 14.3. The summed E-state index contributed by atoms with van der Waals surface area (Å²) < 4.78 is 14.4. The fourth-order valence-electron chi connectivity index (χ4n) is 3.80. The molecule has 0 atom stereocenters. The van der Waals surface area contributed by atoms with E-state index in [0.717, 1.165) is 8.95 Å². The third-order valence-electron chi connectivity index (χ3n) is 5.62. The molecule has 4 aromatic rings. The molecule has 3 aromatic carbocycles. The fraction of sp³-hybridized carbons (Fsp3) is 0.214. The lowest BCUT2D eigenvalue weighted by Gasteiger charge is -2.21. The van der Waals surface area contributed by atoms with Crippen molar-refractivity contribution in [1.29, 1.82) is 0 Å². The predicted molar refractivity (Wildman–Crippen MR) is 154 cm³/mol. The lowest BCUT2D eigenvalue weighted by molar-refractivity contribution is 0.0696. The SMILES string of the molecule is COc1cc(Br)cc(C=Nn2c(C(C)(C)C)nc3ccc(Br)cc3c2=O)c1OCc1cccc(C(=O)O)c1. The number of hydrogen-bond acceptors (Lipinski definition) is 6. The van der Waals surface area contributed by atoms with Crippen LogP contribution in [0.5, 0.6) is 11.5 Å². The number of halogens is 2. The monoisotopic (exact) mass is 641 g/mol. The van der Waals surface area contributed by atoms with Gasteiger partial charge in [0.25, 0.3) is 5.56 Å². The molecule has 4 rings (SSSR count). The van der Waals surface area contributed by atoms with Crippen molar-refractivity contribution < 1.29 is 19.4 Å². The van der Waals surface area contributed by atoms with Gasteiger partial charge in [0.2, 0.25) is 0 Å². The first-order valence-electron chi connectivity index (χ1n) is 11.6. The maximum Gasteiger partial charge on any atom is 0.335 e. The number of methoxy groups -OCH3 is 1. The van der Waals surface area contributed by atoms with Gasteiger partial charge in [0.05, 0.1) is 29.8 Å². The highest BCUT2D eigenvalue weighted by Gasteiger charge is 2.23. The Balaban J connectivity index is 1.80. The van der Waals surface area contributed by atoms with Gasteiger partial charge in [0, 0.05) is 19.9 Å². The first-order chi connectivity index (χ1) is 18.0. The molecule has 0 amide bonds. The van der Waals surface area contributed by atoms with Crippen LogP contribution in [0.15, 0.2) is 73.4 Å². The van der Waals surface area contributed by atoms with Gasteiger partial charge in [-0.1, -0.05) is 64.8 Å². The molecule has 0 spiro atoms. The topological polar surface area (TPSA) is 103 Å². The summed E-state index contributed by atoms with van der Waals surface area (Å²) in [4.78, 5) is 29.6. The van der Waals surface area contributed by atoms with Crippen LogP contribution in [0.4, 0.5) is 0 Å². The number of aromatic nitrogens is 2. The van der Waals surface area contributed by atoms with Crippen LogP contribution in [-0.2, 0) is 12.0 Å². The number of nitrogens with zero attached hydrogens (tertiary/aromatic N) is 3. The van der Waals surface area contributed by atoms with E-state index in [0.29, 0.717) is 39.4 Å². The van der Waals surface area contributed by atoms with Gasteiger partial charge in [-0.3, -0.25) is 4.79 Å². The molecule has 196 valence electrons. The Morgan fingerprint density at radius 2 is 1.87 bits per heavy atom. The summed E-state index contributed by atoms with van der Waals surface area (Å²) in [5.74, 6) is 0.321. The number of rotatable bonds is 7. The largest absolute Gasteiger partial charge is 0.493 e. The van der Waals surface area contributed by atoms with E-state index in [9.17, 15) is 14.7 Å². The van der Waals surface area contributed by atoms with Crippen LogP contribution in [0.2, 0.25) is 0 Å². The minimum Gasteiger partial charge on any atom is -0.493 e. The van der Waals surface area contributed by atoms with Crippen molar-refractivity contribution in [2.24, 2.45) is 5.10 Å². The quantitative estimate of drug-likeness (QED) is 0.235. The molecular weight excluding hydrogens is 618 g/mol. The Labute approximate surface area is 236 Å². The van der Waals surface area contributed by atoms with Gasteiger partial charge in [-0.2, -0.15) is 9.78 Å². The maximum absolute atomic E-state index is 13.5. The van der Waals surface area contributed by atoms with Gasteiger partial charge in [-0.15, -0.1) is 0 Å². The first kappa shape index (κ1) is 27.5.